The van der Waals surface area contributed by atoms with E-state index >= 15 is 0 Å². The summed E-state index contributed by atoms with van der Waals surface area (Å²) in [4.78, 5) is 1.13. The number of halogens is 2. The molecule has 0 amide bonds. The largest absolute Gasteiger partial charge is 0.376 e. The van der Waals surface area contributed by atoms with Gasteiger partial charge in [0.15, 0.2) is 0 Å². The van der Waals surface area contributed by atoms with Crippen molar-refractivity contribution in [3.8, 4) is 0 Å². The summed E-state index contributed by atoms with van der Waals surface area (Å²) < 4.78 is 1.68. The van der Waals surface area contributed by atoms with Crippen LogP contribution in [-0.2, 0) is 0 Å². The Morgan fingerprint density at radius 3 is 2.56 bits per heavy atom. The number of nitrogens with two attached hydrogens (primary N) is 1. The monoisotopic (exact) mass is 344 g/mol. The number of anilines is 1. The first-order valence-electron chi connectivity index (χ1n) is 5.58. The van der Waals surface area contributed by atoms with Crippen molar-refractivity contribution in [3.05, 3.63) is 49.6 Å². The number of rotatable bonds is 4. The molecule has 0 bridgehead atoms. The summed E-state index contributed by atoms with van der Waals surface area (Å²) in [6.07, 6.45) is 0. The Bertz CT molecular complexity index is 505. The fraction of sp³-hybridized carbons (Fsp3) is 0.231. The molecular weight excluding hydrogens is 332 g/mol. The van der Waals surface area contributed by atoms with Crippen molar-refractivity contribution in [2.75, 3.05) is 11.9 Å². The van der Waals surface area contributed by atoms with Gasteiger partial charge in [-0.1, -0.05) is 29.3 Å². The van der Waals surface area contributed by atoms with E-state index in [1.807, 2.05) is 6.07 Å². The second kappa shape index (κ2) is 6.06. The van der Waals surface area contributed by atoms with Gasteiger partial charge in [-0.2, -0.15) is 0 Å². The second-order valence-electron chi connectivity index (χ2n) is 4.07. The fourth-order valence-electron chi connectivity index (χ4n) is 1.63. The standard InChI is InChI=1S/C13H14BrClN2S/c1-8-2-4-9(5-3-8)17-11(7-16)12-6-10(14)13(15)18-12/h2-6,11,17H,7,16H2,1H3. The summed E-state index contributed by atoms with van der Waals surface area (Å²) in [5.74, 6) is 0. The summed E-state index contributed by atoms with van der Waals surface area (Å²) in [5.41, 5.74) is 8.14. The molecule has 0 fully saturated rings. The van der Waals surface area contributed by atoms with Crippen LogP contribution in [0, 0.1) is 6.92 Å². The van der Waals surface area contributed by atoms with Gasteiger partial charge in [-0.3, -0.25) is 0 Å². The number of hydrogen-bond donors (Lipinski definition) is 2. The topological polar surface area (TPSA) is 38.0 Å². The number of hydrogen-bond acceptors (Lipinski definition) is 3. The molecule has 0 radical (unpaired) electrons. The van der Waals surface area contributed by atoms with Gasteiger partial charge in [0.05, 0.1) is 6.04 Å². The van der Waals surface area contributed by atoms with E-state index < -0.39 is 0 Å². The molecule has 0 aliphatic heterocycles. The Hall–Kier alpha value is -0.550. The Morgan fingerprint density at radius 2 is 2.06 bits per heavy atom. The van der Waals surface area contributed by atoms with Crippen molar-refractivity contribution in [1.29, 1.82) is 0 Å². The highest BCUT2D eigenvalue weighted by Gasteiger charge is 2.14. The number of aryl methyl sites for hydroxylation is 1. The van der Waals surface area contributed by atoms with Crippen LogP contribution in [0.3, 0.4) is 0 Å². The maximum atomic E-state index is 6.06. The zero-order valence-electron chi connectivity index (χ0n) is 9.91. The highest BCUT2D eigenvalue weighted by atomic mass is 79.9. The van der Waals surface area contributed by atoms with Gasteiger partial charge in [0.2, 0.25) is 0 Å². The number of nitrogens with one attached hydrogen (secondary N) is 1. The molecule has 18 heavy (non-hydrogen) atoms. The zero-order valence-corrected chi connectivity index (χ0v) is 13.1. The maximum absolute atomic E-state index is 6.06. The molecule has 1 aromatic heterocycles. The summed E-state index contributed by atoms with van der Waals surface area (Å²) in [6, 6.07) is 10.4. The van der Waals surface area contributed by atoms with Crippen molar-refractivity contribution in [2.24, 2.45) is 5.73 Å². The first-order chi connectivity index (χ1) is 8.60. The van der Waals surface area contributed by atoms with Crippen LogP contribution >= 0.6 is 38.9 Å². The minimum absolute atomic E-state index is 0.0847. The van der Waals surface area contributed by atoms with Crippen molar-refractivity contribution in [1.82, 2.24) is 0 Å². The van der Waals surface area contributed by atoms with E-state index in [0.29, 0.717) is 6.54 Å². The molecular formula is C13H14BrClN2S. The SMILES string of the molecule is Cc1ccc(NC(CN)c2cc(Br)c(Cl)s2)cc1. The molecule has 2 aromatic rings. The van der Waals surface area contributed by atoms with Gasteiger partial charge in [0.1, 0.15) is 4.34 Å². The van der Waals surface area contributed by atoms with Crippen LogP contribution in [0.2, 0.25) is 4.34 Å². The first-order valence-corrected chi connectivity index (χ1v) is 7.57. The average molecular weight is 346 g/mol. The van der Waals surface area contributed by atoms with Gasteiger partial charge < -0.3 is 11.1 Å². The minimum Gasteiger partial charge on any atom is -0.376 e. The smallest absolute Gasteiger partial charge is 0.107 e. The Kier molecular flexibility index (Phi) is 4.67. The lowest BCUT2D eigenvalue weighted by Gasteiger charge is -2.16. The highest BCUT2D eigenvalue weighted by molar-refractivity contribution is 9.10. The molecule has 0 aliphatic carbocycles. The third-order valence-electron chi connectivity index (χ3n) is 2.64. The van der Waals surface area contributed by atoms with Crippen LogP contribution in [0.25, 0.3) is 0 Å². The molecule has 2 rings (SSSR count). The Labute approximate surface area is 124 Å². The van der Waals surface area contributed by atoms with Crippen molar-refractivity contribution < 1.29 is 0 Å². The molecule has 0 spiro atoms. The third-order valence-corrected chi connectivity index (χ3v) is 5.22. The summed E-state index contributed by atoms with van der Waals surface area (Å²) >= 11 is 11.0. The average Bonchev–Trinajstić information content (AvgIpc) is 2.69. The van der Waals surface area contributed by atoms with Gasteiger partial charge in [-0.25, -0.2) is 0 Å². The van der Waals surface area contributed by atoms with Gasteiger partial charge in [-0.15, -0.1) is 11.3 Å². The molecule has 2 nitrogen and oxygen atoms in total. The van der Waals surface area contributed by atoms with Crippen LogP contribution in [0.15, 0.2) is 34.8 Å². The van der Waals surface area contributed by atoms with E-state index in [1.54, 1.807) is 11.3 Å². The van der Waals surface area contributed by atoms with E-state index in [4.69, 9.17) is 17.3 Å². The van der Waals surface area contributed by atoms with E-state index in [2.05, 4.69) is 52.4 Å². The first kappa shape index (κ1) is 13.9. The maximum Gasteiger partial charge on any atom is 0.107 e. The van der Waals surface area contributed by atoms with Crippen molar-refractivity contribution >= 4 is 44.6 Å². The van der Waals surface area contributed by atoms with Crippen LogP contribution in [-0.4, -0.2) is 6.54 Å². The molecule has 0 saturated carbocycles. The lowest BCUT2D eigenvalue weighted by molar-refractivity contribution is 0.805. The molecule has 1 atom stereocenters. The minimum atomic E-state index is 0.0847. The quantitative estimate of drug-likeness (QED) is 0.851. The number of thiophene rings is 1. The highest BCUT2D eigenvalue weighted by Crippen LogP contribution is 2.36. The predicted molar refractivity (Wildman–Crippen MR) is 83.6 cm³/mol. The molecule has 3 N–H and O–H groups in total. The van der Waals surface area contributed by atoms with Crippen LogP contribution in [0.5, 0.6) is 0 Å². The summed E-state index contributed by atoms with van der Waals surface area (Å²) in [5, 5.41) is 3.42. The van der Waals surface area contributed by atoms with Gasteiger partial charge in [0.25, 0.3) is 0 Å². The Balaban J connectivity index is 2.16. The van der Waals surface area contributed by atoms with Gasteiger partial charge >= 0.3 is 0 Å². The summed E-state index contributed by atoms with van der Waals surface area (Å²) in [6.45, 7) is 2.59. The molecule has 1 unspecified atom stereocenters. The molecule has 0 aliphatic rings. The van der Waals surface area contributed by atoms with Crippen LogP contribution in [0.4, 0.5) is 5.69 Å². The normalized spacial score (nSPS) is 12.4. The molecule has 1 aromatic carbocycles. The van der Waals surface area contributed by atoms with Crippen molar-refractivity contribution in [2.45, 2.75) is 13.0 Å². The predicted octanol–water partition coefficient (Wildman–Crippen LogP) is 4.58. The van der Waals surface area contributed by atoms with E-state index in [1.165, 1.54) is 5.56 Å². The van der Waals surface area contributed by atoms with Gasteiger partial charge in [-0.05, 0) is 41.1 Å². The van der Waals surface area contributed by atoms with Gasteiger partial charge in [0, 0.05) is 21.6 Å². The fourth-order valence-corrected chi connectivity index (χ4v) is 3.43. The zero-order chi connectivity index (χ0) is 13.1. The van der Waals surface area contributed by atoms with Crippen LogP contribution < -0.4 is 11.1 Å². The lowest BCUT2D eigenvalue weighted by atomic mass is 10.2. The summed E-state index contributed by atoms with van der Waals surface area (Å²) in [7, 11) is 0. The third kappa shape index (κ3) is 3.26. The molecule has 0 saturated heterocycles. The molecule has 5 heteroatoms. The van der Waals surface area contributed by atoms with E-state index in [-0.39, 0.29) is 6.04 Å². The molecule has 1 heterocycles. The lowest BCUT2D eigenvalue weighted by Crippen LogP contribution is -2.19. The number of benzene rings is 1. The van der Waals surface area contributed by atoms with E-state index in [0.717, 1.165) is 19.4 Å². The van der Waals surface area contributed by atoms with E-state index in [9.17, 15) is 0 Å². The Morgan fingerprint density at radius 1 is 1.39 bits per heavy atom. The van der Waals surface area contributed by atoms with Crippen LogP contribution in [0.1, 0.15) is 16.5 Å². The molecule has 96 valence electrons. The van der Waals surface area contributed by atoms with Crippen molar-refractivity contribution in [3.63, 3.8) is 0 Å². The second-order valence-corrected chi connectivity index (χ2v) is 6.61.